The van der Waals surface area contributed by atoms with E-state index in [-0.39, 0.29) is 0 Å². The van der Waals surface area contributed by atoms with Crippen LogP contribution in [-0.4, -0.2) is 0 Å². The molecule has 0 saturated carbocycles. The summed E-state index contributed by atoms with van der Waals surface area (Å²) in [6, 6.07) is 89.8. The van der Waals surface area contributed by atoms with Gasteiger partial charge < -0.3 is 9.32 Å². The van der Waals surface area contributed by atoms with Gasteiger partial charge in [-0.25, -0.2) is 0 Å². The fraction of sp³-hybridized carbons (Fsp3) is 0. The Hall–Kier alpha value is -8.46. The largest absolute Gasteiger partial charge is 0.456 e. The zero-order valence-electron chi connectivity index (χ0n) is 35.0. The molecule has 0 N–H and O–H groups in total. The van der Waals surface area contributed by atoms with Gasteiger partial charge in [-0.05, 0) is 109 Å². The molecule has 0 fully saturated rings. The molecule has 2 heteroatoms. The summed E-state index contributed by atoms with van der Waals surface area (Å²) in [6.45, 7) is 0. The molecule has 0 atom stereocenters. The van der Waals surface area contributed by atoms with E-state index in [1.165, 1.54) is 43.8 Å². The van der Waals surface area contributed by atoms with Crippen LogP contribution in [0.2, 0.25) is 0 Å². The van der Waals surface area contributed by atoms with Gasteiger partial charge in [0.15, 0.2) is 0 Å². The molecule has 0 bridgehead atoms. The number of furan rings is 1. The van der Waals surface area contributed by atoms with E-state index in [1.54, 1.807) is 0 Å². The lowest BCUT2D eigenvalue weighted by Gasteiger charge is -2.30. The number of para-hydroxylation sites is 2. The van der Waals surface area contributed by atoms with E-state index in [9.17, 15) is 0 Å². The minimum absolute atomic E-state index is 0.870. The molecule has 0 spiro atoms. The summed E-state index contributed by atoms with van der Waals surface area (Å²) in [6.07, 6.45) is 0. The van der Waals surface area contributed by atoms with E-state index < -0.39 is 0 Å². The monoisotopic (exact) mass is 815 g/mol. The van der Waals surface area contributed by atoms with Crippen molar-refractivity contribution in [2.75, 3.05) is 4.90 Å². The highest BCUT2D eigenvalue weighted by Gasteiger charge is 2.24. The van der Waals surface area contributed by atoms with E-state index in [0.29, 0.717) is 0 Å². The molecule has 0 amide bonds. The maximum absolute atomic E-state index is 6.35. The van der Waals surface area contributed by atoms with Gasteiger partial charge in [0.1, 0.15) is 11.2 Å². The van der Waals surface area contributed by atoms with Crippen molar-refractivity contribution in [3.05, 3.63) is 249 Å². The van der Waals surface area contributed by atoms with Gasteiger partial charge in [0.05, 0.1) is 5.69 Å². The maximum Gasteiger partial charge on any atom is 0.135 e. The van der Waals surface area contributed by atoms with Crippen molar-refractivity contribution < 1.29 is 4.42 Å². The van der Waals surface area contributed by atoms with Crippen LogP contribution >= 0.6 is 0 Å². The van der Waals surface area contributed by atoms with Gasteiger partial charge >= 0.3 is 0 Å². The average molecular weight is 816 g/mol. The highest BCUT2D eigenvalue weighted by atomic mass is 16.3. The Bertz CT molecular complexity index is 3570. The average Bonchev–Trinajstić information content (AvgIpc) is 3.75. The van der Waals surface area contributed by atoms with E-state index in [0.717, 1.165) is 72.4 Å². The van der Waals surface area contributed by atoms with Crippen molar-refractivity contribution in [1.29, 1.82) is 0 Å². The maximum atomic E-state index is 6.35. The summed E-state index contributed by atoms with van der Waals surface area (Å²) in [5, 5.41) is 7.17. The molecule has 12 rings (SSSR count). The van der Waals surface area contributed by atoms with Gasteiger partial charge in [-0.15, -0.1) is 0 Å². The second-order valence-corrected chi connectivity index (χ2v) is 16.4. The van der Waals surface area contributed by atoms with Crippen LogP contribution in [0.25, 0.3) is 99.1 Å². The van der Waals surface area contributed by atoms with Gasteiger partial charge in [-0.2, -0.15) is 0 Å². The zero-order valence-corrected chi connectivity index (χ0v) is 35.0. The number of hydrogen-bond donors (Lipinski definition) is 0. The van der Waals surface area contributed by atoms with Gasteiger partial charge in [0.2, 0.25) is 0 Å². The molecule has 0 unspecified atom stereocenters. The van der Waals surface area contributed by atoms with Gasteiger partial charge in [0, 0.05) is 33.3 Å². The molecule has 0 aliphatic rings. The number of benzene rings is 11. The van der Waals surface area contributed by atoms with Crippen LogP contribution in [0.1, 0.15) is 0 Å². The Kier molecular flexibility index (Phi) is 9.20. The molecule has 300 valence electrons. The standard InChI is InChI=1S/C62H41NO/c1-5-18-43(19-6-1)50-29-17-30-51(44-20-7-2-8-21-44)62(50)63(49-37-39-59-56(41-49)54-27-15-16-31-58(54)64-59)48-35-32-42(33-36-48)47-34-38-53-52-26-13-14-28-55(52)60(45-22-9-3-10-23-45)61(57(53)40-47)46-24-11-4-12-25-46/h1-41H. The molecular formula is C62H41NO. The minimum Gasteiger partial charge on any atom is -0.456 e. The molecule has 12 aromatic rings. The van der Waals surface area contributed by atoms with Crippen molar-refractivity contribution in [1.82, 2.24) is 0 Å². The van der Waals surface area contributed by atoms with Crippen molar-refractivity contribution in [2.24, 2.45) is 0 Å². The number of nitrogens with zero attached hydrogens (tertiary/aromatic N) is 1. The Morgan fingerprint density at radius 2 is 0.719 bits per heavy atom. The summed E-state index contributed by atoms with van der Waals surface area (Å²) in [7, 11) is 0. The quantitative estimate of drug-likeness (QED) is 0.142. The molecule has 0 aliphatic carbocycles. The van der Waals surface area contributed by atoms with Crippen LogP contribution in [0.3, 0.4) is 0 Å². The summed E-state index contributed by atoms with van der Waals surface area (Å²) in [5.74, 6) is 0. The van der Waals surface area contributed by atoms with Crippen LogP contribution in [0.5, 0.6) is 0 Å². The van der Waals surface area contributed by atoms with Crippen LogP contribution in [0.15, 0.2) is 253 Å². The lowest BCUT2D eigenvalue weighted by Crippen LogP contribution is -2.12. The van der Waals surface area contributed by atoms with Crippen molar-refractivity contribution in [3.63, 3.8) is 0 Å². The third kappa shape index (κ3) is 6.44. The van der Waals surface area contributed by atoms with Gasteiger partial charge in [0.25, 0.3) is 0 Å². The molecular weight excluding hydrogens is 775 g/mol. The smallest absolute Gasteiger partial charge is 0.135 e. The first-order valence-corrected chi connectivity index (χ1v) is 21.9. The van der Waals surface area contributed by atoms with Crippen molar-refractivity contribution >= 4 is 60.5 Å². The fourth-order valence-electron chi connectivity index (χ4n) is 9.73. The van der Waals surface area contributed by atoms with Crippen molar-refractivity contribution in [2.45, 2.75) is 0 Å². The third-order valence-corrected chi connectivity index (χ3v) is 12.7. The van der Waals surface area contributed by atoms with Crippen molar-refractivity contribution in [3.8, 4) is 55.6 Å². The van der Waals surface area contributed by atoms with Crippen LogP contribution in [0.4, 0.5) is 17.1 Å². The molecule has 1 aromatic heterocycles. The Labute approximate surface area is 372 Å². The first-order valence-electron chi connectivity index (χ1n) is 21.9. The normalized spacial score (nSPS) is 11.4. The summed E-state index contributed by atoms with van der Waals surface area (Å²) < 4.78 is 6.35. The summed E-state index contributed by atoms with van der Waals surface area (Å²) >= 11 is 0. The number of fused-ring (bicyclic) bond motifs is 6. The highest BCUT2D eigenvalue weighted by Crippen LogP contribution is 2.49. The summed E-state index contributed by atoms with van der Waals surface area (Å²) in [4.78, 5) is 2.43. The molecule has 11 aromatic carbocycles. The van der Waals surface area contributed by atoms with E-state index in [4.69, 9.17) is 4.42 Å². The SMILES string of the molecule is c1ccc(-c2cccc(-c3ccccc3)c2N(c2ccc(-c3ccc4c(c3)c(-c3ccccc3)c(-c3ccccc3)c3ccccc34)cc2)c2ccc3oc4ccccc4c3c2)cc1. The van der Waals surface area contributed by atoms with E-state index in [1.807, 2.05) is 12.1 Å². The first-order chi connectivity index (χ1) is 31.8. The van der Waals surface area contributed by atoms with Crippen LogP contribution in [0, 0.1) is 0 Å². The number of rotatable bonds is 8. The second-order valence-electron chi connectivity index (χ2n) is 16.4. The van der Waals surface area contributed by atoms with Gasteiger partial charge in [-0.1, -0.05) is 206 Å². The summed E-state index contributed by atoms with van der Waals surface area (Å²) in [5.41, 5.74) is 16.8. The lowest BCUT2D eigenvalue weighted by molar-refractivity contribution is 0.669. The number of anilines is 3. The van der Waals surface area contributed by atoms with E-state index >= 15 is 0 Å². The van der Waals surface area contributed by atoms with Crippen LogP contribution < -0.4 is 4.90 Å². The van der Waals surface area contributed by atoms with E-state index in [2.05, 4.69) is 241 Å². The van der Waals surface area contributed by atoms with Crippen LogP contribution in [-0.2, 0) is 0 Å². The number of hydrogen-bond acceptors (Lipinski definition) is 2. The predicted octanol–water partition coefficient (Wildman–Crippen LogP) is 17.7. The third-order valence-electron chi connectivity index (χ3n) is 12.7. The Balaban J connectivity index is 1.07. The second kappa shape index (κ2) is 15.8. The molecule has 1 heterocycles. The Morgan fingerprint density at radius 3 is 1.34 bits per heavy atom. The molecule has 0 radical (unpaired) electrons. The predicted molar refractivity (Wildman–Crippen MR) is 271 cm³/mol. The fourth-order valence-corrected chi connectivity index (χ4v) is 9.73. The topological polar surface area (TPSA) is 16.4 Å². The minimum atomic E-state index is 0.870. The molecule has 2 nitrogen and oxygen atoms in total. The Morgan fingerprint density at radius 1 is 0.250 bits per heavy atom. The molecule has 64 heavy (non-hydrogen) atoms. The lowest BCUT2D eigenvalue weighted by atomic mass is 9.84. The zero-order chi connectivity index (χ0) is 42.4. The molecule has 0 saturated heterocycles. The first kappa shape index (κ1) is 37.3. The van der Waals surface area contributed by atoms with Gasteiger partial charge in [-0.3, -0.25) is 0 Å². The molecule has 0 aliphatic heterocycles. The highest BCUT2D eigenvalue weighted by molar-refractivity contribution is 6.22.